The van der Waals surface area contributed by atoms with Gasteiger partial charge < -0.3 is 9.88 Å². The van der Waals surface area contributed by atoms with Crippen LogP contribution in [0.25, 0.3) is 0 Å². The molecule has 0 amide bonds. The number of imidazole rings is 1. The third-order valence-electron chi connectivity index (χ3n) is 3.39. The highest BCUT2D eigenvalue weighted by Crippen LogP contribution is 2.18. The Morgan fingerprint density at radius 2 is 2.21 bits per heavy atom. The first kappa shape index (κ1) is 13.8. The fourth-order valence-corrected chi connectivity index (χ4v) is 2.46. The molecule has 0 fully saturated rings. The van der Waals surface area contributed by atoms with Crippen LogP contribution in [0.2, 0.25) is 0 Å². The van der Waals surface area contributed by atoms with Crippen LogP contribution in [0.5, 0.6) is 0 Å². The van der Waals surface area contributed by atoms with E-state index in [2.05, 4.69) is 59.2 Å². The SMILES string of the molecule is CCCn1ccnc1C(Cc1cccc(C)c1)NC. The number of hydrogen-bond donors (Lipinski definition) is 1. The Kier molecular flexibility index (Phi) is 4.74. The Hall–Kier alpha value is -1.61. The van der Waals surface area contributed by atoms with Crippen molar-refractivity contribution >= 4 is 0 Å². The maximum atomic E-state index is 4.53. The molecule has 0 aliphatic carbocycles. The lowest BCUT2D eigenvalue weighted by Crippen LogP contribution is -2.23. The van der Waals surface area contributed by atoms with Gasteiger partial charge in [-0.2, -0.15) is 0 Å². The van der Waals surface area contributed by atoms with Gasteiger partial charge in [0, 0.05) is 18.9 Å². The minimum atomic E-state index is 0.267. The maximum Gasteiger partial charge on any atom is 0.126 e. The lowest BCUT2D eigenvalue weighted by molar-refractivity contribution is 0.512. The fraction of sp³-hybridized carbons (Fsp3) is 0.438. The summed E-state index contributed by atoms with van der Waals surface area (Å²) in [7, 11) is 2.01. The molecule has 1 atom stereocenters. The van der Waals surface area contributed by atoms with Crippen molar-refractivity contribution in [3.63, 3.8) is 0 Å². The second-order valence-electron chi connectivity index (χ2n) is 5.01. The summed E-state index contributed by atoms with van der Waals surface area (Å²) >= 11 is 0. The van der Waals surface area contributed by atoms with E-state index < -0.39 is 0 Å². The number of aromatic nitrogens is 2. The van der Waals surface area contributed by atoms with E-state index in [0.717, 1.165) is 25.2 Å². The van der Waals surface area contributed by atoms with Gasteiger partial charge in [0.05, 0.1) is 6.04 Å². The average Bonchev–Trinajstić information content (AvgIpc) is 2.85. The number of hydrogen-bond acceptors (Lipinski definition) is 2. The molecular formula is C16H23N3. The highest BCUT2D eigenvalue weighted by Gasteiger charge is 2.15. The summed E-state index contributed by atoms with van der Waals surface area (Å²) < 4.78 is 2.25. The van der Waals surface area contributed by atoms with Gasteiger partial charge in [-0.1, -0.05) is 36.8 Å². The lowest BCUT2D eigenvalue weighted by atomic mass is 10.0. The molecule has 102 valence electrons. The highest BCUT2D eigenvalue weighted by molar-refractivity contribution is 5.23. The summed E-state index contributed by atoms with van der Waals surface area (Å²) in [6.45, 7) is 5.36. The molecule has 0 radical (unpaired) electrons. The summed E-state index contributed by atoms with van der Waals surface area (Å²) in [5.41, 5.74) is 2.66. The minimum absolute atomic E-state index is 0.267. The molecule has 19 heavy (non-hydrogen) atoms. The van der Waals surface area contributed by atoms with Crippen LogP contribution in [0, 0.1) is 6.92 Å². The smallest absolute Gasteiger partial charge is 0.126 e. The lowest BCUT2D eigenvalue weighted by Gasteiger charge is -2.18. The van der Waals surface area contributed by atoms with Crippen LogP contribution in [-0.4, -0.2) is 16.6 Å². The zero-order valence-electron chi connectivity index (χ0n) is 12.1. The molecule has 2 rings (SSSR count). The largest absolute Gasteiger partial charge is 0.334 e. The van der Waals surface area contributed by atoms with Crippen LogP contribution in [0.3, 0.4) is 0 Å². The molecular weight excluding hydrogens is 234 g/mol. The van der Waals surface area contributed by atoms with Crippen LogP contribution in [0.4, 0.5) is 0 Å². The molecule has 1 heterocycles. The van der Waals surface area contributed by atoms with Gasteiger partial charge in [0.15, 0.2) is 0 Å². The number of nitrogens with zero attached hydrogens (tertiary/aromatic N) is 2. The van der Waals surface area contributed by atoms with Crippen LogP contribution in [0.1, 0.15) is 36.3 Å². The minimum Gasteiger partial charge on any atom is -0.334 e. The van der Waals surface area contributed by atoms with E-state index >= 15 is 0 Å². The Morgan fingerprint density at radius 1 is 1.37 bits per heavy atom. The second-order valence-corrected chi connectivity index (χ2v) is 5.01. The molecule has 0 saturated heterocycles. The van der Waals surface area contributed by atoms with Crippen molar-refractivity contribution in [3.05, 3.63) is 53.6 Å². The van der Waals surface area contributed by atoms with Crippen molar-refractivity contribution in [2.45, 2.75) is 39.3 Å². The van der Waals surface area contributed by atoms with Gasteiger partial charge in [-0.15, -0.1) is 0 Å². The Labute approximate surface area is 115 Å². The molecule has 3 heteroatoms. The second kappa shape index (κ2) is 6.53. The molecule has 1 N–H and O–H groups in total. The Morgan fingerprint density at radius 3 is 2.89 bits per heavy atom. The molecule has 1 aromatic heterocycles. The van der Waals surface area contributed by atoms with Crippen molar-refractivity contribution in [2.24, 2.45) is 0 Å². The van der Waals surface area contributed by atoms with Crippen molar-refractivity contribution in [3.8, 4) is 0 Å². The number of likely N-dealkylation sites (N-methyl/N-ethyl adjacent to an activating group) is 1. The zero-order chi connectivity index (χ0) is 13.7. The van der Waals surface area contributed by atoms with Crippen LogP contribution >= 0.6 is 0 Å². The van der Waals surface area contributed by atoms with Gasteiger partial charge in [0.1, 0.15) is 5.82 Å². The van der Waals surface area contributed by atoms with E-state index in [1.54, 1.807) is 0 Å². The summed E-state index contributed by atoms with van der Waals surface area (Å²) in [5.74, 6) is 1.13. The molecule has 1 aromatic carbocycles. The molecule has 3 nitrogen and oxygen atoms in total. The highest BCUT2D eigenvalue weighted by atomic mass is 15.1. The third kappa shape index (κ3) is 3.44. The van der Waals surface area contributed by atoms with Crippen molar-refractivity contribution in [1.29, 1.82) is 0 Å². The summed E-state index contributed by atoms with van der Waals surface area (Å²) in [5, 5.41) is 3.39. The Bertz CT molecular complexity index is 516. The van der Waals surface area contributed by atoms with Crippen LogP contribution < -0.4 is 5.32 Å². The van der Waals surface area contributed by atoms with E-state index in [4.69, 9.17) is 0 Å². The van der Waals surface area contributed by atoms with E-state index in [1.165, 1.54) is 11.1 Å². The van der Waals surface area contributed by atoms with E-state index in [0.29, 0.717) is 0 Å². The molecule has 1 unspecified atom stereocenters. The zero-order valence-corrected chi connectivity index (χ0v) is 12.1. The van der Waals surface area contributed by atoms with Crippen molar-refractivity contribution in [2.75, 3.05) is 7.05 Å². The molecule has 0 aliphatic heterocycles. The molecule has 0 spiro atoms. The average molecular weight is 257 g/mol. The van der Waals surface area contributed by atoms with Crippen molar-refractivity contribution < 1.29 is 0 Å². The van der Waals surface area contributed by atoms with Gasteiger partial charge in [-0.05, 0) is 32.4 Å². The molecule has 2 aromatic rings. The third-order valence-corrected chi connectivity index (χ3v) is 3.39. The van der Waals surface area contributed by atoms with Crippen LogP contribution in [0.15, 0.2) is 36.7 Å². The summed E-state index contributed by atoms with van der Waals surface area (Å²) in [4.78, 5) is 4.53. The standard InChI is InChI=1S/C16H23N3/c1-4-9-19-10-8-18-16(19)15(17-3)12-14-7-5-6-13(2)11-14/h5-8,10-11,15,17H,4,9,12H2,1-3H3. The van der Waals surface area contributed by atoms with Gasteiger partial charge >= 0.3 is 0 Å². The number of rotatable bonds is 6. The first-order valence-corrected chi connectivity index (χ1v) is 6.98. The predicted molar refractivity (Wildman–Crippen MR) is 79.2 cm³/mol. The van der Waals surface area contributed by atoms with Crippen molar-refractivity contribution in [1.82, 2.24) is 14.9 Å². The van der Waals surface area contributed by atoms with Gasteiger partial charge in [-0.25, -0.2) is 4.98 Å². The first-order valence-electron chi connectivity index (χ1n) is 6.98. The van der Waals surface area contributed by atoms with Gasteiger partial charge in [-0.3, -0.25) is 0 Å². The monoisotopic (exact) mass is 257 g/mol. The number of benzene rings is 1. The van der Waals surface area contributed by atoms with E-state index in [-0.39, 0.29) is 6.04 Å². The Balaban J connectivity index is 2.18. The molecule has 0 aliphatic rings. The number of aryl methyl sites for hydroxylation is 2. The van der Waals surface area contributed by atoms with Gasteiger partial charge in [0.2, 0.25) is 0 Å². The maximum absolute atomic E-state index is 4.53. The molecule has 0 saturated carbocycles. The summed E-state index contributed by atoms with van der Waals surface area (Å²) in [6, 6.07) is 8.96. The van der Waals surface area contributed by atoms with E-state index in [9.17, 15) is 0 Å². The van der Waals surface area contributed by atoms with Crippen LogP contribution in [-0.2, 0) is 13.0 Å². The predicted octanol–water partition coefficient (Wildman–Crippen LogP) is 3.10. The topological polar surface area (TPSA) is 29.9 Å². The normalized spacial score (nSPS) is 12.6. The molecule has 0 bridgehead atoms. The van der Waals surface area contributed by atoms with Gasteiger partial charge in [0.25, 0.3) is 0 Å². The summed E-state index contributed by atoms with van der Waals surface area (Å²) in [6.07, 6.45) is 6.06. The first-order chi connectivity index (χ1) is 9.24. The van der Waals surface area contributed by atoms with E-state index in [1.807, 2.05) is 13.2 Å². The number of nitrogens with one attached hydrogen (secondary N) is 1. The quantitative estimate of drug-likeness (QED) is 0.861. The fourth-order valence-electron chi connectivity index (χ4n) is 2.46.